The monoisotopic (exact) mass is 172 g/mol. The van der Waals surface area contributed by atoms with E-state index in [1.54, 1.807) is 0 Å². The fraction of sp³-hybridized carbons (Fsp3) is 0.333. The molecule has 0 N–H and O–H groups in total. The largest absolute Gasteiger partial charge is 0.207 e. The second kappa shape index (κ2) is 3.22. The molecule has 0 heterocycles. The number of hydrogen-bond acceptors (Lipinski definition) is 0. The van der Waals surface area contributed by atoms with Crippen molar-refractivity contribution < 1.29 is 4.39 Å². The summed E-state index contributed by atoms with van der Waals surface area (Å²) in [5, 5.41) is 0.689. The lowest BCUT2D eigenvalue weighted by atomic mass is 10.1. The smallest absolute Gasteiger partial charge is 0.123 e. The SMILES string of the molecule is CCc1cc(F)cc(C)c1Cl. The summed E-state index contributed by atoms with van der Waals surface area (Å²) in [5.41, 5.74) is 1.69. The van der Waals surface area contributed by atoms with Crippen LogP contribution < -0.4 is 0 Å². The Morgan fingerprint density at radius 1 is 1.45 bits per heavy atom. The third-order valence-electron chi connectivity index (χ3n) is 1.68. The molecule has 1 rings (SSSR count). The van der Waals surface area contributed by atoms with Crippen LogP contribution in [0.3, 0.4) is 0 Å². The topological polar surface area (TPSA) is 0 Å². The van der Waals surface area contributed by atoms with E-state index in [-0.39, 0.29) is 5.82 Å². The van der Waals surface area contributed by atoms with Crippen molar-refractivity contribution in [3.63, 3.8) is 0 Å². The minimum atomic E-state index is -0.205. The Kier molecular flexibility index (Phi) is 2.50. The first-order valence-electron chi connectivity index (χ1n) is 3.59. The van der Waals surface area contributed by atoms with Gasteiger partial charge in [-0.15, -0.1) is 0 Å². The summed E-state index contributed by atoms with van der Waals surface area (Å²) in [6, 6.07) is 2.93. The van der Waals surface area contributed by atoms with Crippen molar-refractivity contribution in [1.29, 1.82) is 0 Å². The van der Waals surface area contributed by atoms with Crippen molar-refractivity contribution in [3.8, 4) is 0 Å². The molecule has 0 aliphatic carbocycles. The first-order valence-corrected chi connectivity index (χ1v) is 3.97. The van der Waals surface area contributed by atoms with Crippen molar-refractivity contribution in [3.05, 3.63) is 34.1 Å². The molecule has 60 valence electrons. The van der Waals surface area contributed by atoms with Gasteiger partial charge in [-0.25, -0.2) is 4.39 Å². The number of benzene rings is 1. The van der Waals surface area contributed by atoms with Crippen LogP contribution in [-0.2, 0) is 6.42 Å². The van der Waals surface area contributed by atoms with Crippen LogP contribution in [0.4, 0.5) is 4.39 Å². The zero-order valence-corrected chi connectivity index (χ0v) is 7.37. The summed E-state index contributed by atoms with van der Waals surface area (Å²) in [4.78, 5) is 0. The normalized spacial score (nSPS) is 10.2. The Morgan fingerprint density at radius 3 is 2.64 bits per heavy atom. The number of aryl methyl sites for hydroxylation is 2. The van der Waals surface area contributed by atoms with E-state index < -0.39 is 0 Å². The van der Waals surface area contributed by atoms with E-state index >= 15 is 0 Å². The summed E-state index contributed by atoms with van der Waals surface area (Å²) >= 11 is 5.90. The summed E-state index contributed by atoms with van der Waals surface area (Å²) in [5.74, 6) is -0.205. The highest BCUT2D eigenvalue weighted by molar-refractivity contribution is 6.32. The van der Waals surface area contributed by atoms with Crippen molar-refractivity contribution in [2.24, 2.45) is 0 Å². The van der Waals surface area contributed by atoms with Crippen LogP contribution in [-0.4, -0.2) is 0 Å². The predicted octanol–water partition coefficient (Wildman–Crippen LogP) is 3.35. The highest BCUT2D eigenvalue weighted by atomic mass is 35.5. The van der Waals surface area contributed by atoms with Gasteiger partial charge in [-0.2, -0.15) is 0 Å². The van der Waals surface area contributed by atoms with E-state index in [2.05, 4.69) is 0 Å². The summed E-state index contributed by atoms with van der Waals surface area (Å²) in [6.07, 6.45) is 0.775. The van der Waals surface area contributed by atoms with Crippen LogP contribution in [0.5, 0.6) is 0 Å². The zero-order chi connectivity index (χ0) is 8.43. The predicted molar refractivity (Wildman–Crippen MR) is 45.5 cm³/mol. The molecule has 11 heavy (non-hydrogen) atoms. The molecule has 0 aliphatic heterocycles. The number of halogens is 2. The Bertz CT molecular complexity index is 269. The second-order valence-corrected chi connectivity index (χ2v) is 2.93. The molecule has 0 saturated heterocycles. The number of hydrogen-bond donors (Lipinski definition) is 0. The molecule has 0 nitrogen and oxygen atoms in total. The third-order valence-corrected chi connectivity index (χ3v) is 2.22. The standard InChI is InChI=1S/C9H10ClF/c1-3-7-5-8(11)4-6(2)9(7)10/h4-5H,3H2,1-2H3. The molecule has 0 atom stereocenters. The van der Waals surface area contributed by atoms with E-state index in [0.29, 0.717) is 5.02 Å². The molecule has 0 amide bonds. The van der Waals surface area contributed by atoms with Gasteiger partial charge in [-0.3, -0.25) is 0 Å². The highest BCUT2D eigenvalue weighted by Gasteiger charge is 2.03. The minimum Gasteiger partial charge on any atom is -0.207 e. The summed E-state index contributed by atoms with van der Waals surface area (Å²) < 4.78 is 12.7. The van der Waals surface area contributed by atoms with E-state index in [9.17, 15) is 4.39 Å². The molecule has 0 aromatic heterocycles. The molecule has 0 spiro atoms. The fourth-order valence-corrected chi connectivity index (χ4v) is 1.29. The van der Waals surface area contributed by atoms with Crippen molar-refractivity contribution in [2.45, 2.75) is 20.3 Å². The first-order chi connectivity index (χ1) is 5.15. The maximum absolute atomic E-state index is 12.7. The average Bonchev–Trinajstić information content (AvgIpc) is 1.96. The Labute approximate surface area is 71.0 Å². The number of rotatable bonds is 1. The Balaban J connectivity index is 3.24. The van der Waals surface area contributed by atoms with Gasteiger partial charge in [0.25, 0.3) is 0 Å². The molecule has 2 heteroatoms. The van der Waals surface area contributed by atoms with Crippen LogP contribution in [0, 0.1) is 12.7 Å². The average molecular weight is 173 g/mol. The fourth-order valence-electron chi connectivity index (χ4n) is 1.05. The van der Waals surface area contributed by atoms with E-state index in [0.717, 1.165) is 17.5 Å². The molecule has 0 saturated carbocycles. The third kappa shape index (κ3) is 1.72. The van der Waals surface area contributed by atoms with Gasteiger partial charge in [0.2, 0.25) is 0 Å². The van der Waals surface area contributed by atoms with Gasteiger partial charge >= 0.3 is 0 Å². The highest BCUT2D eigenvalue weighted by Crippen LogP contribution is 2.22. The van der Waals surface area contributed by atoms with Gasteiger partial charge < -0.3 is 0 Å². The summed E-state index contributed by atoms with van der Waals surface area (Å²) in [7, 11) is 0. The molecule has 0 radical (unpaired) electrons. The molecule has 0 fully saturated rings. The molecule has 1 aromatic rings. The quantitative estimate of drug-likeness (QED) is 0.610. The van der Waals surface area contributed by atoms with Crippen LogP contribution in [0.15, 0.2) is 12.1 Å². The lowest BCUT2D eigenvalue weighted by Crippen LogP contribution is -1.88. The lowest BCUT2D eigenvalue weighted by molar-refractivity contribution is 0.624. The van der Waals surface area contributed by atoms with Gasteiger partial charge in [-0.05, 0) is 36.6 Å². The molecule has 0 unspecified atom stereocenters. The lowest BCUT2D eigenvalue weighted by Gasteiger charge is -2.03. The van der Waals surface area contributed by atoms with Crippen LogP contribution in [0.1, 0.15) is 18.1 Å². The Morgan fingerprint density at radius 2 is 2.09 bits per heavy atom. The van der Waals surface area contributed by atoms with Gasteiger partial charge in [0.05, 0.1) is 0 Å². The van der Waals surface area contributed by atoms with Gasteiger partial charge in [0.15, 0.2) is 0 Å². The molecule has 0 bridgehead atoms. The van der Waals surface area contributed by atoms with Gasteiger partial charge in [0, 0.05) is 5.02 Å². The van der Waals surface area contributed by atoms with E-state index in [1.807, 2.05) is 13.8 Å². The summed E-state index contributed by atoms with van der Waals surface area (Å²) in [6.45, 7) is 3.77. The van der Waals surface area contributed by atoms with Crippen molar-refractivity contribution in [1.82, 2.24) is 0 Å². The van der Waals surface area contributed by atoms with Crippen molar-refractivity contribution in [2.75, 3.05) is 0 Å². The maximum atomic E-state index is 12.7. The molecular formula is C9H10ClF. The van der Waals surface area contributed by atoms with E-state index in [4.69, 9.17) is 11.6 Å². The first kappa shape index (κ1) is 8.54. The van der Waals surface area contributed by atoms with Crippen LogP contribution in [0.25, 0.3) is 0 Å². The minimum absolute atomic E-state index is 0.205. The van der Waals surface area contributed by atoms with Gasteiger partial charge in [0.1, 0.15) is 5.82 Å². The van der Waals surface area contributed by atoms with Crippen LogP contribution in [0.2, 0.25) is 5.02 Å². The van der Waals surface area contributed by atoms with Gasteiger partial charge in [-0.1, -0.05) is 18.5 Å². The molecule has 1 aromatic carbocycles. The zero-order valence-electron chi connectivity index (χ0n) is 6.62. The molecular weight excluding hydrogens is 163 g/mol. The van der Waals surface area contributed by atoms with Crippen LogP contribution >= 0.6 is 11.6 Å². The van der Waals surface area contributed by atoms with E-state index in [1.165, 1.54) is 12.1 Å². The maximum Gasteiger partial charge on any atom is 0.123 e. The van der Waals surface area contributed by atoms with Crippen molar-refractivity contribution >= 4 is 11.6 Å². The Hall–Kier alpha value is -0.560. The second-order valence-electron chi connectivity index (χ2n) is 2.55. The molecule has 0 aliphatic rings.